The fourth-order valence-corrected chi connectivity index (χ4v) is 2.39. The fraction of sp³-hybridized carbons (Fsp3) is 0.353. The van der Waals surface area contributed by atoms with Crippen LogP contribution >= 0.6 is 11.8 Å². The summed E-state index contributed by atoms with van der Waals surface area (Å²) >= 11 is 1.75. The average molecular weight is 302 g/mol. The Morgan fingerprint density at radius 2 is 1.76 bits per heavy atom. The fourth-order valence-electron chi connectivity index (χ4n) is 1.98. The molecule has 0 bridgehead atoms. The molecule has 0 N–H and O–H groups in total. The predicted octanol–water partition coefficient (Wildman–Crippen LogP) is 3.80. The molecule has 0 radical (unpaired) electrons. The number of hydrogen-bond acceptors (Lipinski definition) is 4. The van der Waals surface area contributed by atoms with Crippen molar-refractivity contribution in [2.45, 2.75) is 11.3 Å². The standard InChI is InChI=1S/C17H22N2OS/c1-19(2)11-4-12-20-17-10-7-15(13-18-17)14-5-8-16(21-3)9-6-14/h5-10,13H,4,11-12H2,1-3H3. The van der Waals surface area contributed by atoms with Gasteiger partial charge in [0.15, 0.2) is 0 Å². The minimum Gasteiger partial charge on any atom is -0.478 e. The third kappa shape index (κ3) is 5.06. The number of pyridine rings is 1. The molecular formula is C17H22N2OS. The van der Waals surface area contributed by atoms with Crippen molar-refractivity contribution < 1.29 is 4.74 Å². The number of hydrogen-bond donors (Lipinski definition) is 0. The lowest BCUT2D eigenvalue weighted by Gasteiger charge is -2.10. The van der Waals surface area contributed by atoms with Crippen molar-refractivity contribution in [3.05, 3.63) is 42.6 Å². The molecule has 2 aromatic rings. The maximum atomic E-state index is 5.64. The molecule has 1 heterocycles. The van der Waals surface area contributed by atoms with Crippen LogP contribution in [0.4, 0.5) is 0 Å². The van der Waals surface area contributed by atoms with E-state index in [1.165, 1.54) is 10.5 Å². The first-order valence-electron chi connectivity index (χ1n) is 7.07. The molecule has 1 aromatic heterocycles. The summed E-state index contributed by atoms with van der Waals surface area (Å²) in [6, 6.07) is 12.5. The summed E-state index contributed by atoms with van der Waals surface area (Å²) in [6.07, 6.45) is 4.96. The first-order valence-corrected chi connectivity index (χ1v) is 8.29. The zero-order valence-corrected chi connectivity index (χ0v) is 13.7. The van der Waals surface area contributed by atoms with E-state index in [0.29, 0.717) is 12.5 Å². The molecule has 0 saturated heterocycles. The average Bonchev–Trinajstić information content (AvgIpc) is 2.52. The monoisotopic (exact) mass is 302 g/mol. The van der Waals surface area contributed by atoms with Crippen LogP contribution in [0.5, 0.6) is 5.88 Å². The van der Waals surface area contributed by atoms with E-state index in [0.717, 1.165) is 18.5 Å². The third-order valence-corrected chi connectivity index (χ3v) is 3.90. The Bertz CT molecular complexity index is 538. The summed E-state index contributed by atoms with van der Waals surface area (Å²) < 4.78 is 5.64. The topological polar surface area (TPSA) is 25.4 Å². The summed E-state index contributed by atoms with van der Waals surface area (Å²) in [4.78, 5) is 7.80. The molecule has 0 aliphatic rings. The summed E-state index contributed by atoms with van der Waals surface area (Å²) in [5, 5.41) is 0. The molecule has 0 aliphatic heterocycles. The van der Waals surface area contributed by atoms with Gasteiger partial charge in [-0.25, -0.2) is 4.98 Å². The van der Waals surface area contributed by atoms with Gasteiger partial charge in [0.1, 0.15) is 0 Å². The largest absolute Gasteiger partial charge is 0.478 e. The Morgan fingerprint density at radius 3 is 2.33 bits per heavy atom. The summed E-state index contributed by atoms with van der Waals surface area (Å²) in [6.45, 7) is 1.73. The molecule has 4 heteroatoms. The molecule has 3 nitrogen and oxygen atoms in total. The molecular weight excluding hydrogens is 280 g/mol. The van der Waals surface area contributed by atoms with E-state index in [2.05, 4.69) is 60.6 Å². The van der Waals surface area contributed by atoms with Crippen molar-refractivity contribution in [1.82, 2.24) is 9.88 Å². The van der Waals surface area contributed by atoms with E-state index in [1.54, 1.807) is 11.8 Å². The summed E-state index contributed by atoms with van der Waals surface area (Å²) in [5.41, 5.74) is 2.29. The van der Waals surface area contributed by atoms with E-state index < -0.39 is 0 Å². The lowest BCUT2D eigenvalue weighted by molar-refractivity contribution is 0.273. The maximum Gasteiger partial charge on any atom is 0.213 e. The second kappa shape index (κ2) is 8.05. The van der Waals surface area contributed by atoms with Gasteiger partial charge >= 0.3 is 0 Å². The van der Waals surface area contributed by atoms with E-state index >= 15 is 0 Å². The predicted molar refractivity (Wildman–Crippen MR) is 90.1 cm³/mol. The summed E-state index contributed by atoms with van der Waals surface area (Å²) in [5.74, 6) is 0.693. The van der Waals surface area contributed by atoms with Crippen molar-refractivity contribution >= 4 is 11.8 Å². The number of benzene rings is 1. The number of nitrogens with zero attached hydrogens (tertiary/aromatic N) is 2. The molecule has 0 atom stereocenters. The quantitative estimate of drug-likeness (QED) is 0.574. The van der Waals surface area contributed by atoms with Crippen LogP contribution in [0.1, 0.15) is 6.42 Å². The van der Waals surface area contributed by atoms with Gasteiger partial charge in [0.25, 0.3) is 0 Å². The van der Waals surface area contributed by atoms with Crippen molar-refractivity contribution in [2.24, 2.45) is 0 Å². The lowest BCUT2D eigenvalue weighted by Crippen LogP contribution is -2.15. The van der Waals surface area contributed by atoms with Crippen LogP contribution in [0.15, 0.2) is 47.5 Å². The van der Waals surface area contributed by atoms with Gasteiger partial charge in [-0.15, -0.1) is 11.8 Å². The van der Waals surface area contributed by atoms with Gasteiger partial charge in [-0.3, -0.25) is 0 Å². The molecule has 0 unspecified atom stereocenters. The van der Waals surface area contributed by atoms with Gasteiger partial charge in [0.2, 0.25) is 5.88 Å². The van der Waals surface area contributed by atoms with E-state index in [4.69, 9.17) is 4.74 Å². The molecule has 0 spiro atoms. The smallest absolute Gasteiger partial charge is 0.213 e. The van der Waals surface area contributed by atoms with Crippen molar-refractivity contribution in [2.75, 3.05) is 33.5 Å². The van der Waals surface area contributed by atoms with Gasteiger partial charge in [0, 0.05) is 29.3 Å². The molecule has 112 valence electrons. The van der Waals surface area contributed by atoms with Gasteiger partial charge in [-0.1, -0.05) is 12.1 Å². The molecule has 2 rings (SSSR count). The SMILES string of the molecule is CSc1ccc(-c2ccc(OCCCN(C)C)nc2)cc1. The molecule has 0 amide bonds. The normalized spacial score (nSPS) is 10.9. The zero-order chi connectivity index (χ0) is 15.1. The molecule has 21 heavy (non-hydrogen) atoms. The second-order valence-corrected chi connectivity index (χ2v) is 6.00. The Hall–Kier alpha value is -1.52. The molecule has 0 aliphatic carbocycles. The number of ether oxygens (including phenoxy) is 1. The highest BCUT2D eigenvalue weighted by Crippen LogP contribution is 2.23. The van der Waals surface area contributed by atoms with E-state index in [1.807, 2.05) is 12.3 Å². The molecule has 1 aromatic carbocycles. The van der Waals surface area contributed by atoms with Crippen LogP contribution in [-0.2, 0) is 0 Å². The first kappa shape index (κ1) is 15.9. The van der Waals surface area contributed by atoms with Crippen LogP contribution in [0, 0.1) is 0 Å². The Kier molecular flexibility index (Phi) is 6.08. The number of rotatable bonds is 7. The second-order valence-electron chi connectivity index (χ2n) is 5.12. The Balaban J connectivity index is 1.91. The highest BCUT2D eigenvalue weighted by molar-refractivity contribution is 7.98. The van der Waals surface area contributed by atoms with Gasteiger partial charge in [0.05, 0.1) is 6.61 Å². The van der Waals surface area contributed by atoms with Crippen LogP contribution in [0.3, 0.4) is 0 Å². The Morgan fingerprint density at radius 1 is 1.05 bits per heavy atom. The third-order valence-electron chi connectivity index (χ3n) is 3.16. The van der Waals surface area contributed by atoms with Crippen LogP contribution < -0.4 is 4.74 Å². The van der Waals surface area contributed by atoms with E-state index in [-0.39, 0.29) is 0 Å². The van der Waals surface area contributed by atoms with Crippen LogP contribution in [-0.4, -0.2) is 43.4 Å². The number of aromatic nitrogens is 1. The minimum atomic E-state index is 0.693. The van der Waals surface area contributed by atoms with Crippen molar-refractivity contribution in [3.63, 3.8) is 0 Å². The highest BCUT2D eigenvalue weighted by atomic mass is 32.2. The van der Waals surface area contributed by atoms with Crippen LogP contribution in [0.2, 0.25) is 0 Å². The minimum absolute atomic E-state index is 0.693. The highest BCUT2D eigenvalue weighted by Gasteiger charge is 2.01. The zero-order valence-electron chi connectivity index (χ0n) is 12.9. The first-order chi connectivity index (χ1) is 10.2. The number of thioether (sulfide) groups is 1. The Labute approximate surface area is 131 Å². The molecule has 0 fully saturated rings. The van der Waals surface area contributed by atoms with Gasteiger partial charge in [-0.05, 0) is 50.5 Å². The lowest BCUT2D eigenvalue weighted by atomic mass is 10.1. The van der Waals surface area contributed by atoms with Gasteiger partial charge < -0.3 is 9.64 Å². The maximum absolute atomic E-state index is 5.64. The van der Waals surface area contributed by atoms with Crippen molar-refractivity contribution in [1.29, 1.82) is 0 Å². The molecule has 0 saturated carbocycles. The van der Waals surface area contributed by atoms with Crippen LogP contribution in [0.25, 0.3) is 11.1 Å². The van der Waals surface area contributed by atoms with Gasteiger partial charge in [-0.2, -0.15) is 0 Å². The van der Waals surface area contributed by atoms with E-state index in [9.17, 15) is 0 Å². The van der Waals surface area contributed by atoms with Crippen molar-refractivity contribution in [3.8, 4) is 17.0 Å². The summed E-state index contributed by atoms with van der Waals surface area (Å²) in [7, 11) is 4.13.